The lowest BCUT2D eigenvalue weighted by molar-refractivity contribution is -0.141. The third-order valence-electron chi connectivity index (χ3n) is 6.35. The van der Waals surface area contributed by atoms with Crippen LogP contribution >= 0.6 is 11.8 Å². The average Bonchev–Trinajstić information content (AvgIpc) is 3.32. The number of carbonyl (C=O) groups excluding carboxylic acids is 2. The first kappa shape index (κ1) is 28.3. The number of allylic oxidation sites excluding steroid dienone is 1. The third kappa shape index (κ3) is 6.82. The van der Waals surface area contributed by atoms with Crippen LogP contribution in [-0.4, -0.2) is 68.2 Å². The number of benzene rings is 2. The van der Waals surface area contributed by atoms with Gasteiger partial charge in [-0.1, -0.05) is 42.1 Å². The van der Waals surface area contributed by atoms with Crippen molar-refractivity contribution in [1.82, 2.24) is 15.1 Å². The second-order valence-electron chi connectivity index (χ2n) is 9.43. The number of aliphatic imine (C=N–C) groups is 1. The number of fused-ring (bicyclic) bond motifs is 1. The van der Waals surface area contributed by atoms with Gasteiger partial charge >= 0.3 is 5.97 Å². The Morgan fingerprint density at radius 3 is 2.41 bits per heavy atom. The Hall–Kier alpha value is -3.76. The van der Waals surface area contributed by atoms with Crippen molar-refractivity contribution in [2.24, 2.45) is 4.99 Å². The fraction of sp³-hybridized carbons (Fsp3) is 0.345. The van der Waals surface area contributed by atoms with Crippen LogP contribution in [0.5, 0.6) is 11.5 Å². The number of nitrogens with zero attached hydrogens (tertiary/aromatic N) is 3. The predicted octanol–water partition coefficient (Wildman–Crippen LogP) is 4.09. The van der Waals surface area contributed by atoms with E-state index in [1.165, 1.54) is 11.8 Å². The maximum atomic E-state index is 13.6. The zero-order valence-corrected chi connectivity index (χ0v) is 23.7. The van der Waals surface area contributed by atoms with Crippen molar-refractivity contribution in [3.63, 3.8) is 0 Å². The molecule has 0 spiro atoms. The molecule has 0 bridgehead atoms. The molecule has 0 saturated heterocycles. The van der Waals surface area contributed by atoms with E-state index in [2.05, 4.69) is 5.32 Å². The minimum Gasteiger partial charge on any atom is -0.497 e. The van der Waals surface area contributed by atoms with Gasteiger partial charge in [-0.2, -0.15) is 0 Å². The van der Waals surface area contributed by atoms with E-state index < -0.39 is 12.0 Å². The molecule has 2 aliphatic rings. The number of esters is 1. The van der Waals surface area contributed by atoms with E-state index in [1.54, 1.807) is 27.2 Å². The fourth-order valence-corrected chi connectivity index (χ4v) is 5.34. The molecule has 2 heterocycles. The molecule has 10 heteroatoms. The third-order valence-corrected chi connectivity index (χ3v) is 7.23. The fourth-order valence-electron chi connectivity index (χ4n) is 4.38. The van der Waals surface area contributed by atoms with Gasteiger partial charge in [0.05, 0.1) is 38.0 Å². The van der Waals surface area contributed by atoms with E-state index in [-0.39, 0.29) is 18.9 Å². The molecule has 1 N–H and O–H groups in total. The lowest BCUT2D eigenvalue weighted by atomic mass is 9.93. The van der Waals surface area contributed by atoms with Gasteiger partial charge in [0, 0.05) is 24.9 Å². The Bertz CT molecular complexity index is 1280. The van der Waals surface area contributed by atoms with E-state index in [9.17, 15) is 9.59 Å². The maximum absolute atomic E-state index is 13.6. The van der Waals surface area contributed by atoms with E-state index >= 15 is 0 Å². The summed E-state index contributed by atoms with van der Waals surface area (Å²) in [6.45, 7) is 3.22. The van der Waals surface area contributed by atoms with Gasteiger partial charge in [0.1, 0.15) is 18.1 Å². The highest BCUT2D eigenvalue weighted by Crippen LogP contribution is 2.46. The van der Waals surface area contributed by atoms with E-state index in [4.69, 9.17) is 19.2 Å². The lowest BCUT2D eigenvalue weighted by Crippen LogP contribution is -2.38. The Morgan fingerprint density at radius 2 is 1.77 bits per heavy atom. The minimum atomic E-state index is -0.597. The molecular weight excluding hydrogens is 516 g/mol. The van der Waals surface area contributed by atoms with E-state index in [0.717, 1.165) is 23.4 Å². The maximum Gasteiger partial charge on any atom is 0.338 e. The van der Waals surface area contributed by atoms with Gasteiger partial charge in [-0.3, -0.25) is 4.79 Å². The van der Waals surface area contributed by atoms with Gasteiger partial charge < -0.3 is 29.3 Å². The molecule has 0 fully saturated rings. The highest BCUT2D eigenvalue weighted by atomic mass is 32.2. The molecule has 0 radical (unpaired) electrons. The number of carbonyl (C=O) groups is 2. The van der Waals surface area contributed by atoms with Crippen molar-refractivity contribution in [2.75, 3.05) is 41.4 Å². The number of thioether (sulfide) groups is 1. The van der Waals surface area contributed by atoms with Gasteiger partial charge in [-0.15, -0.1) is 0 Å². The summed E-state index contributed by atoms with van der Waals surface area (Å²) in [5.41, 5.74) is 3.34. The first-order chi connectivity index (χ1) is 18.8. The van der Waals surface area contributed by atoms with Crippen LogP contribution in [0.2, 0.25) is 0 Å². The van der Waals surface area contributed by atoms with Crippen molar-refractivity contribution < 1.29 is 23.8 Å². The molecule has 0 saturated carbocycles. The minimum absolute atomic E-state index is 0.105. The highest BCUT2D eigenvalue weighted by molar-refractivity contribution is 8.16. The smallest absolute Gasteiger partial charge is 0.338 e. The van der Waals surface area contributed by atoms with Crippen LogP contribution in [0.1, 0.15) is 30.5 Å². The zero-order chi connectivity index (χ0) is 27.9. The number of ether oxygens (including phenoxy) is 3. The number of hydrogen-bond acceptors (Lipinski definition) is 9. The second-order valence-corrected chi connectivity index (χ2v) is 10.3. The predicted molar refractivity (Wildman–Crippen MR) is 152 cm³/mol. The zero-order valence-electron chi connectivity index (χ0n) is 22.9. The van der Waals surface area contributed by atoms with Crippen molar-refractivity contribution in [3.8, 4) is 11.5 Å². The van der Waals surface area contributed by atoms with E-state index in [0.29, 0.717) is 34.5 Å². The number of hydrogen-bond donors (Lipinski definition) is 1. The van der Waals surface area contributed by atoms with Crippen LogP contribution in [0.15, 0.2) is 75.9 Å². The van der Waals surface area contributed by atoms with Crippen molar-refractivity contribution >= 4 is 28.8 Å². The quantitative estimate of drug-likeness (QED) is 0.419. The largest absolute Gasteiger partial charge is 0.497 e. The summed E-state index contributed by atoms with van der Waals surface area (Å²) >= 11 is 1.43. The first-order valence-electron chi connectivity index (χ1n) is 12.6. The Labute approximate surface area is 233 Å². The Balaban J connectivity index is 1.68. The SMILES string of the molecule is COc1cc(OC)cc(C2C(C(=O)OCc3ccccc3)=C(C)N=C3SC=C(CC(=O)NCCN(C)C)N32)c1. The summed E-state index contributed by atoms with van der Waals surface area (Å²) in [6, 6.07) is 14.4. The standard InChI is InChI=1S/C29H34N4O5S/c1-19-26(28(35)38-17-20-9-7-6-8-10-20)27(21-13-23(36-4)16-24(14-21)37-5)33-22(18-39-29(33)31-19)15-25(34)30-11-12-32(2)3/h6-10,13-14,16,18,27H,11-12,15,17H2,1-5H3,(H,30,34). The molecule has 1 amide bonds. The van der Waals surface area contributed by atoms with Crippen LogP contribution < -0.4 is 14.8 Å². The van der Waals surface area contributed by atoms with Crippen LogP contribution in [0.25, 0.3) is 0 Å². The summed E-state index contributed by atoms with van der Waals surface area (Å²) in [6.07, 6.45) is 0.141. The Morgan fingerprint density at radius 1 is 1.08 bits per heavy atom. The van der Waals surface area contributed by atoms with Crippen LogP contribution in [0.4, 0.5) is 0 Å². The van der Waals surface area contributed by atoms with Crippen LogP contribution in [-0.2, 0) is 20.9 Å². The van der Waals surface area contributed by atoms with Gasteiger partial charge in [0.15, 0.2) is 5.17 Å². The molecular formula is C29H34N4O5S. The number of nitrogens with one attached hydrogen (secondary N) is 1. The molecule has 1 atom stereocenters. The lowest BCUT2D eigenvalue weighted by Gasteiger charge is -2.36. The average molecular weight is 551 g/mol. The molecule has 39 heavy (non-hydrogen) atoms. The van der Waals surface area contributed by atoms with Gasteiger partial charge in [-0.25, -0.2) is 9.79 Å². The number of rotatable bonds is 11. The first-order valence-corrected chi connectivity index (χ1v) is 13.5. The molecule has 2 aromatic carbocycles. The second kappa shape index (κ2) is 12.9. The monoisotopic (exact) mass is 550 g/mol. The number of methoxy groups -OCH3 is 2. The molecule has 2 aliphatic heterocycles. The number of amidine groups is 1. The topological polar surface area (TPSA) is 92.7 Å². The number of likely N-dealkylation sites (N-methyl/N-ethyl adjacent to an activating group) is 1. The highest BCUT2D eigenvalue weighted by Gasteiger charge is 2.41. The molecule has 1 unspecified atom stereocenters. The van der Waals surface area contributed by atoms with Gasteiger partial charge in [0.25, 0.3) is 0 Å². The summed E-state index contributed by atoms with van der Waals surface area (Å²) < 4.78 is 16.8. The molecule has 4 rings (SSSR count). The molecule has 0 aromatic heterocycles. The normalized spacial score (nSPS) is 16.5. The Kier molecular flexibility index (Phi) is 9.32. The summed E-state index contributed by atoms with van der Waals surface area (Å²) in [7, 11) is 7.08. The van der Waals surface area contributed by atoms with Gasteiger partial charge in [-0.05, 0) is 49.7 Å². The summed E-state index contributed by atoms with van der Waals surface area (Å²) in [5, 5.41) is 5.57. The van der Waals surface area contributed by atoms with Crippen molar-refractivity contribution in [1.29, 1.82) is 0 Å². The molecule has 2 aromatic rings. The van der Waals surface area contributed by atoms with Crippen LogP contribution in [0.3, 0.4) is 0 Å². The molecule has 9 nitrogen and oxygen atoms in total. The van der Waals surface area contributed by atoms with Crippen molar-refractivity contribution in [3.05, 3.63) is 82.0 Å². The van der Waals surface area contributed by atoms with E-state index in [1.807, 2.05) is 71.8 Å². The van der Waals surface area contributed by atoms with Gasteiger partial charge in [0.2, 0.25) is 5.91 Å². The molecule has 0 aliphatic carbocycles. The van der Waals surface area contributed by atoms with Crippen LogP contribution in [0, 0.1) is 0 Å². The summed E-state index contributed by atoms with van der Waals surface area (Å²) in [4.78, 5) is 35.2. The summed E-state index contributed by atoms with van der Waals surface area (Å²) in [5.74, 6) is 0.591. The van der Waals surface area contributed by atoms with Crippen molar-refractivity contribution in [2.45, 2.75) is 26.0 Å². The number of amides is 1. The molecule has 206 valence electrons.